The number of carbonyl (C=O) groups excluding carboxylic acids is 1. The Morgan fingerprint density at radius 3 is 2.63 bits per heavy atom. The molecule has 0 unspecified atom stereocenters. The molecule has 0 radical (unpaired) electrons. The summed E-state index contributed by atoms with van der Waals surface area (Å²) < 4.78 is 0. The molecule has 2 atom stereocenters. The molecule has 27 heavy (non-hydrogen) atoms. The molecule has 0 spiro atoms. The molecule has 0 saturated carbocycles. The summed E-state index contributed by atoms with van der Waals surface area (Å²) in [5.41, 5.74) is 3.31. The van der Waals surface area contributed by atoms with Crippen molar-refractivity contribution in [3.8, 4) is 0 Å². The van der Waals surface area contributed by atoms with Crippen molar-refractivity contribution in [1.82, 2.24) is 4.90 Å². The van der Waals surface area contributed by atoms with Gasteiger partial charge in [0, 0.05) is 40.4 Å². The highest BCUT2D eigenvalue weighted by atomic mass is 35.5. The molecular formula is C22H24Cl2N2O. The largest absolute Gasteiger partial charge is 0.309 e. The third kappa shape index (κ3) is 3.73. The van der Waals surface area contributed by atoms with Gasteiger partial charge in [-0.3, -0.25) is 9.69 Å². The zero-order valence-corrected chi connectivity index (χ0v) is 17.0. The molecule has 1 fully saturated rings. The highest BCUT2D eigenvalue weighted by molar-refractivity contribution is 6.35. The van der Waals surface area contributed by atoms with Gasteiger partial charge in [-0.25, -0.2) is 0 Å². The van der Waals surface area contributed by atoms with Crippen LogP contribution < -0.4 is 4.90 Å². The van der Waals surface area contributed by atoms with Gasteiger partial charge in [0.2, 0.25) is 5.91 Å². The van der Waals surface area contributed by atoms with Gasteiger partial charge in [-0.2, -0.15) is 0 Å². The second kappa shape index (κ2) is 7.83. The summed E-state index contributed by atoms with van der Waals surface area (Å²) in [6.07, 6.45) is 2.90. The maximum Gasteiger partial charge on any atom is 0.231 e. The van der Waals surface area contributed by atoms with Crippen LogP contribution in [-0.4, -0.2) is 29.9 Å². The maximum atomic E-state index is 13.4. The number of benzene rings is 2. The Labute approximate surface area is 170 Å². The number of para-hydroxylation sites is 1. The van der Waals surface area contributed by atoms with Gasteiger partial charge < -0.3 is 4.90 Å². The molecule has 0 aromatic heterocycles. The molecule has 142 valence electrons. The fraction of sp³-hybridized carbons (Fsp3) is 0.409. The minimum atomic E-state index is 0.0219. The summed E-state index contributed by atoms with van der Waals surface area (Å²) in [5, 5.41) is 1.39. The third-order valence-corrected chi connectivity index (χ3v) is 6.45. The van der Waals surface area contributed by atoms with Crippen LogP contribution in [0.1, 0.15) is 30.9 Å². The van der Waals surface area contributed by atoms with E-state index < -0.39 is 0 Å². The number of hydrogen-bond donors (Lipinski definition) is 0. The molecule has 2 aliphatic rings. The Morgan fingerprint density at radius 2 is 1.85 bits per heavy atom. The van der Waals surface area contributed by atoms with Crippen LogP contribution in [0.25, 0.3) is 0 Å². The van der Waals surface area contributed by atoms with E-state index in [2.05, 4.69) is 30.0 Å². The van der Waals surface area contributed by atoms with Gasteiger partial charge in [0.1, 0.15) is 0 Å². The van der Waals surface area contributed by atoms with Crippen molar-refractivity contribution in [3.05, 3.63) is 63.6 Å². The minimum absolute atomic E-state index is 0.0219. The van der Waals surface area contributed by atoms with Crippen molar-refractivity contribution in [2.45, 2.75) is 38.8 Å². The van der Waals surface area contributed by atoms with Crippen LogP contribution in [0.3, 0.4) is 0 Å². The maximum absolute atomic E-state index is 13.4. The number of piperidine rings is 1. The Bertz CT molecular complexity index is 834. The minimum Gasteiger partial charge on any atom is -0.309 e. The molecule has 2 aromatic rings. The van der Waals surface area contributed by atoms with E-state index in [1.807, 2.05) is 29.2 Å². The first kappa shape index (κ1) is 18.8. The van der Waals surface area contributed by atoms with Gasteiger partial charge >= 0.3 is 0 Å². The third-order valence-electron chi connectivity index (χ3n) is 5.74. The number of anilines is 1. The highest BCUT2D eigenvalue weighted by Crippen LogP contribution is 2.35. The lowest BCUT2D eigenvalue weighted by Crippen LogP contribution is -2.46. The van der Waals surface area contributed by atoms with Crippen molar-refractivity contribution in [2.24, 2.45) is 5.92 Å². The van der Waals surface area contributed by atoms with E-state index in [1.165, 1.54) is 5.56 Å². The molecule has 3 nitrogen and oxygen atoms in total. The molecule has 0 N–H and O–H groups in total. The van der Waals surface area contributed by atoms with Crippen molar-refractivity contribution in [3.63, 3.8) is 0 Å². The number of nitrogens with zero attached hydrogens (tertiary/aromatic N) is 2. The first-order chi connectivity index (χ1) is 13.0. The molecule has 0 aliphatic carbocycles. The second-order valence-corrected chi connectivity index (χ2v) is 8.48. The van der Waals surface area contributed by atoms with Gasteiger partial charge in [-0.1, -0.05) is 47.5 Å². The molecule has 2 aliphatic heterocycles. The Morgan fingerprint density at radius 1 is 1.11 bits per heavy atom. The average Bonchev–Trinajstić information content (AvgIpc) is 3.00. The average molecular weight is 403 g/mol. The summed E-state index contributed by atoms with van der Waals surface area (Å²) in [4.78, 5) is 17.7. The molecule has 0 bridgehead atoms. The zero-order valence-electron chi connectivity index (χ0n) is 15.5. The van der Waals surface area contributed by atoms with E-state index in [4.69, 9.17) is 23.2 Å². The molecule has 5 heteroatoms. The number of likely N-dealkylation sites (tertiary alicyclic amines) is 1. The zero-order chi connectivity index (χ0) is 19.0. The highest BCUT2D eigenvalue weighted by Gasteiger charge is 2.36. The van der Waals surface area contributed by atoms with E-state index in [1.54, 1.807) is 0 Å². The van der Waals surface area contributed by atoms with E-state index in [0.29, 0.717) is 16.6 Å². The van der Waals surface area contributed by atoms with Crippen LogP contribution in [0.2, 0.25) is 10.0 Å². The number of fused-ring (bicyclic) bond motifs is 1. The van der Waals surface area contributed by atoms with Crippen molar-refractivity contribution >= 4 is 34.8 Å². The van der Waals surface area contributed by atoms with Crippen LogP contribution >= 0.6 is 23.2 Å². The predicted molar refractivity (Wildman–Crippen MR) is 112 cm³/mol. The van der Waals surface area contributed by atoms with Crippen molar-refractivity contribution in [2.75, 3.05) is 18.0 Å². The fourth-order valence-electron chi connectivity index (χ4n) is 4.41. The van der Waals surface area contributed by atoms with E-state index in [0.717, 1.165) is 43.6 Å². The molecule has 2 heterocycles. The summed E-state index contributed by atoms with van der Waals surface area (Å²) in [7, 11) is 0. The molecular weight excluding hydrogens is 379 g/mol. The van der Waals surface area contributed by atoms with Crippen molar-refractivity contribution < 1.29 is 4.79 Å². The van der Waals surface area contributed by atoms with Crippen LogP contribution in [0.4, 0.5) is 5.69 Å². The lowest BCUT2D eigenvalue weighted by atomic mass is 9.95. The Kier molecular flexibility index (Phi) is 5.45. The molecule has 1 amide bonds. The first-order valence-corrected chi connectivity index (χ1v) is 10.4. The van der Waals surface area contributed by atoms with Crippen LogP contribution in [0.5, 0.6) is 0 Å². The van der Waals surface area contributed by atoms with E-state index in [-0.39, 0.29) is 17.9 Å². The number of hydrogen-bond acceptors (Lipinski definition) is 2. The van der Waals surface area contributed by atoms with E-state index in [9.17, 15) is 4.79 Å². The lowest BCUT2D eigenvalue weighted by Gasteiger charge is -2.35. The van der Waals surface area contributed by atoms with Gasteiger partial charge in [-0.15, -0.1) is 0 Å². The number of amides is 1. The summed E-state index contributed by atoms with van der Waals surface area (Å²) >= 11 is 12.7. The Balaban J connectivity index is 1.49. The summed E-state index contributed by atoms with van der Waals surface area (Å²) in [6, 6.07) is 14.1. The fourth-order valence-corrected chi connectivity index (χ4v) is 4.92. The molecule has 2 aromatic carbocycles. The first-order valence-electron chi connectivity index (χ1n) is 9.61. The summed E-state index contributed by atoms with van der Waals surface area (Å²) in [5.74, 6) is 0.274. The number of halogens is 2. The smallest absolute Gasteiger partial charge is 0.231 e. The molecule has 1 saturated heterocycles. The monoisotopic (exact) mass is 402 g/mol. The summed E-state index contributed by atoms with van der Waals surface area (Å²) in [6.45, 7) is 4.56. The van der Waals surface area contributed by atoms with Gasteiger partial charge in [0.15, 0.2) is 0 Å². The molecule has 4 rings (SSSR count). The van der Waals surface area contributed by atoms with E-state index >= 15 is 0 Å². The van der Waals surface area contributed by atoms with Crippen LogP contribution in [0, 0.1) is 5.92 Å². The number of rotatable bonds is 3. The van der Waals surface area contributed by atoms with Crippen LogP contribution in [0.15, 0.2) is 42.5 Å². The lowest BCUT2D eigenvalue weighted by molar-refractivity contribution is -0.124. The van der Waals surface area contributed by atoms with Gasteiger partial charge in [0.05, 0.1) is 5.92 Å². The SMILES string of the molecule is C[C@@H]1Cc2ccccc2N1C(=O)[C@@H]1CCCN(Cc2c(Cl)cccc2Cl)C1. The van der Waals surface area contributed by atoms with Gasteiger partial charge in [0.25, 0.3) is 0 Å². The van der Waals surface area contributed by atoms with Crippen molar-refractivity contribution in [1.29, 1.82) is 0 Å². The quantitative estimate of drug-likeness (QED) is 0.705. The second-order valence-electron chi connectivity index (χ2n) is 7.66. The number of carbonyl (C=O) groups is 1. The topological polar surface area (TPSA) is 23.6 Å². The standard InChI is InChI=1S/C22H24Cl2N2O/c1-15-12-16-6-2-3-10-21(16)26(15)22(27)17-7-5-11-25(13-17)14-18-19(23)8-4-9-20(18)24/h2-4,6,8-10,15,17H,5,7,11-14H2,1H3/t15-,17-/m1/s1. The normalized spacial score (nSPS) is 22.7. The predicted octanol–water partition coefficient (Wildman–Crippen LogP) is 5.18. The van der Waals surface area contributed by atoms with Gasteiger partial charge in [-0.05, 0) is 56.5 Å². The van der Waals surface area contributed by atoms with Crippen LogP contribution in [-0.2, 0) is 17.8 Å². The Hall–Kier alpha value is -1.55.